The predicted molar refractivity (Wildman–Crippen MR) is 128 cm³/mol. The van der Waals surface area contributed by atoms with E-state index in [2.05, 4.69) is 30.6 Å². The van der Waals surface area contributed by atoms with Gasteiger partial charge in [-0.15, -0.1) is 6.58 Å². The Hall–Kier alpha value is -2.31. The molecule has 1 N–H and O–H groups in total. The maximum Gasteiger partial charge on any atom is 0.417 e. The van der Waals surface area contributed by atoms with Gasteiger partial charge in [-0.25, -0.2) is 0 Å². The number of alkyl halides is 3. The van der Waals surface area contributed by atoms with E-state index >= 15 is 0 Å². The average Bonchev–Trinajstić information content (AvgIpc) is 2.79. The maximum atomic E-state index is 13.3. The van der Waals surface area contributed by atoms with E-state index < -0.39 is 28.7 Å². The summed E-state index contributed by atoms with van der Waals surface area (Å²) in [7, 11) is 0. The lowest BCUT2D eigenvalue weighted by atomic mass is 9.96. The van der Waals surface area contributed by atoms with Crippen LogP contribution in [0.4, 0.5) is 13.2 Å². The summed E-state index contributed by atoms with van der Waals surface area (Å²) in [6, 6.07) is 12.2. The molecule has 2 aromatic rings. The maximum absolute atomic E-state index is 13.3. The van der Waals surface area contributed by atoms with Crippen molar-refractivity contribution in [3.05, 3.63) is 82.9 Å². The molecule has 2 unspecified atom stereocenters. The Morgan fingerprint density at radius 1 is 1.12 bits per heavy atom. The van der Waals surface area contributed by atoms with Crippen LogP contribution in [0.1, 0.15) is 61.1 Å². The molecule has 0 saturated carbocycles. The van der Waals surface area contributed by atoms with Gasteiger partial charge in [-0.3, -0.25) is 9.69 Å². The smallest absolute Gasteiger partial charge is 0.344 e. The van der Waals surface area contributed by atoms with E-state index in [4.69, 9.17) is 11.6 Å². The van der Waals surface area contributed by atoms with E-state index in [1.54, 1.807) is 0 Å². The average molecular weight is 481 g/mol. The van der Waals surface area contributed by atoms with Gasteiger partial charge in [0.05, 0.1) is 22.2 Å². The van der Waals surface area contributed by atoms with Crippen LogP contribution in [-0.2, 0) is 6.18 Å². The van der Waals surface area contributed by atoms with Crippen LogP contribution in [-0.4, -0.2) is 29.9 Å². The van der Waals surface area contributed by atoms with Crippen molar-refractivity contribution < 1.29 is 18.0 Å². The van der Waals surface area contributed by atoms with Crippen LogP contribution in [0.15, 0.2) is 61.2 Å². The summed E-state index contributed by atoms with van der Waals surface area (Å²) in [5.74, 6) is -0.162. The molecular weight excluding hydrogens is 449 g/mol. The van der Waals surface area contributed by atoms with Crippen LogP contribution in [0, 0.1) is 5.92 Å². The lowest BCUT2D eigenvalue weighted by Crippen LogP contribution is -2.46. The van der Waals surface area contributed by atoms with E-state index in [0.29, 0.717) is 12.5 Å². The van der Waals surface area contributed by atoms with Gasteiger partial charge in [0, 0.05) is 19.1 Å². The molecule has 3 nitrogen and oxygen atoms in total. The van der Waals surface area contributed by atoms with Crippen LogP contribution < -0.4 is 5.32 Å². The van der Waals surface area contributed by atoms with Crippen molar-refractivity contribution in [2.45, 2.75) is 51.9 Å². The molecule has 0 fully saturated rings. The number of halogens is 4. The van der Waals surface area contributed by atoms with Crippen LogP contribution in [0.5, 0.6) is 0 Å². The molecule has 0 aliphatic carbocycles. The molecule has 0 radical (unpaired) electrons. The topological polar surface area (TPSA) is 32.3 Å². The predicted octanol–water partition coefficient (Wildman–Crippen LogP) is 7.14. The zero-order chi connectivity index (χ0) is 24.6. The van der Waals surface area contributed by atoms with Gasteiger partial charge in [0.15, 0.2) is 0 Å². The normalized spacial score (nSPS) is 13.7. The number of carbonyl (C=O) groups excluding carboxylic acids is 1. The summed E-state index contributed by atoms with van der Waals surface area (Å²) in [4.78, 5) is 15.4. The van der Waals surface area contributed by atoms with Gasteiger partial charge in [-0.2, -0.15) is 13.2 Å². The molecule has 0 aliphatic heterocycles. The van der Waals surface area contributed by atoms with Crippen molar-refractivity contribution in [1.29, 1.82) is 0 Å². The molecule has 180 valence electrons. The third-order valence-corrected chi connectivity index (χ3v) is 6.47. The van der Waals surface area contributed by atoms with Gasteiger partial charge in [-0.05, 0) is 30.5 Å². The Morgan fingerprint density at radius 3 is 2.30 bits per heavy atom. The molecule has 0 aromatic heterocycles. The van der Waals surface area contributed by atoms with Crippen molar-refractivity contribution >= 4 is 17.5 Å². The molecule has 0 aliphatic rings. The van der Waals surface area contributed by atoms with Gasteiger partial charge >= 0.3 is 6.18 Å². The Labute approximate surface area is 199 Å². The van der Waals surface area contributed by atoms with Gasteiger partial charge in [-0.1, -0.05) is 80.8 Å². The number of rotatable bonds is 11. The minimum Gasteiger partial charge on any atom is -0.344 e. The first-order chi connectivity index (χ1) is 15.6. The zero-order valence-electron chi connectivity index (χ0n) is 19.3. The highest BCUT2D eigenvalue weighted by atomic mass is 35.5. The fourth-order valence-corrected chi connectivity index (χ4v) is 4.27. The van der Waals surface area contributed by atoms with Gasteiger partial charge < -0.3 is 5.32 Å². The number of nitrogens with one attached hydrogen (secondary N) is 1. The van der Waals surface area contributed by atoms with E-state index in [1.165, 1.54) is 12.1 Å². The third-order valence-electron chi connectivity index (χ3n) is 6.06. The summed E-state index contributed by atoms with van der Waals surface area (Å²) in [6.45, 7) is 11.6. The molecule has 1 amide bonds. The fourth-order valence-electron chi connectivity index (χ4n) is 3.95. The first-order valence-corrected chi connectivity index (χ1v) is 11.6. The van der Waals surface area contributed by atoms with E-state index in [0.717, 1.165) is 31.0 Å². The first-order valence-electron chi connectivity index (χ1n) is 11.2. The number of nitrogens with zero attached hydrogens (tertiary/aromatic N) is 1. The van der Waals surface area contributed by atoms with E-state index in [9.17, 15) is 18.0 Å². The molecule has 33 heavy (non-hydrogen) atoms. The van der Waals surface area contributed by atoms with Crippen molar-refractivity contribution in [2.24, 2.45) is 5.92 Å². The van der Waals surface area contributed by atoms with Crippen molar-refractivity contribution in [2.75, 3.05) is 13.1 Å². The van der Waals surface area contributed by atoms with Gasteiger partial charge in [0.1, 0.15) is 0 Å². The molecule has 7 heteroatoms. The highest BCUT2D eigenvalue weighted by Gasteiger charge is 2.35. The summed E-state index contributed by atoms with van der Waals surface area (Å²) >= 11 is 6.01. The second-order valence-electron chi connectivity index (χ2n) is 8.19. The largest absolute Gasteiger partial charge is 0.417 e. The Bertz CT molecular complexity index is 913. The molecule has 2 rings (SSSR count). The highest BCUT2D eigenvalue weighted by molar-refractivity contribution is 6.34. The number of carbonyl (C=O) groups is 1. The summed E-state index contributed by atoms with van der Waals surface area (Å²) in [6.07, 6.45) is -0.764. The zero-order valence-corrected chi connectivity index (χ0v) is 20.1. The summed E-state index contributed by atoms with van der Waals surface area (Å²) in [5.41, 5.74) is -0.363. The molecule has 0 spiro atoms. The monoisotopic (exact) mass is 480 g/mol. The number of amides is 1. The van der Waals surface area contributed by atoms with Gasteiger partial charge in [0.2, 0.25) is 0 Å². The second kappa shape index (κ2) is 12.2. The van der Waals surface area contributed by atoms with Crippen molar-refractivity contribution in [3.63, 3.8) is 0 Å². The van der Waals surface area contributed by atoms with Crippen LogP contribution in [0.2, 0.25) is 5.02 Å². The molecule has 0 saturated heterocycles. The van der Waals surface area contributed by atoms with Crippen LogP contribution in [0.25, 0.3) is 0 Å². The minimum absolute atomic E-state index is 0.139. The van der Waals surface area contributed by atoms with E-state index in [-0.39, 0.29) is 11.6 Å². The first kappa shape index (κ1) is 26.9. The Balaban J connectivity index is 2.41. The third kappa shape index (κ3) is 7.08. The molecule has 0 bridgehead atoms. The Kier molecular flexibility index (Phi) is 9.99. The van der Waals surface area contributed by atoms with Crippen LogP contribution >= 0.6 is 11.6 Å². The highest BCUT2D eigenvalue weighted by Crippen LogP contribution is 2.36. The lowest BCUT2D eigenvalue weighted by Gasteiger charge is -2.37. The SMILES string of the molecule is C=CCN(CC(CC)CC)C(C)C(NC(=O)c1cccc(C(F)(F)F)c1Cl)c1ccccc1. The van der Waals surface area contributed by atoms with Crippen molar-refractivity contribution in [1.82, 2.24) is 10.2 Å². The standard InChI is InChI=1S/C26H32ClF3N2O/c1-5-16-32(17-19(6-2)7-3)18(4)24(20-12-9-8-10-13-20)31-25(33)21-14-11-15-22(23(21)27)26(28,29)30/h5,8-15,18-19,24H,1,6-7,16-17H2,2-4H3,(H,31,33). The van der Waals surface area contributed by atoms with Crippen LogP contribution in [0.3, 0.4) is 0 Å². The fraction of sp³-hybridized carbons (Fsp3) is 0.423. The molecule has 2 atom stereocenters. The summed E-state index contributed by atoms with van der Waals surface area (Å²) in [5, 5.41) is 2.35. The Morgan fingerprint density at radius 2 is 1.76 bits per heavy atom. The minimum atomic E-state index is -4.64. The summed E-state index contributed by atoms with van der Waals surface area (Å²) < 4.78 is 39.9. The number of benzene rings is 2. The number of hydrogen-bond donors (Lipinski definition) is 1. The molecule has 2 aromatic carbocycles. The lowest BCUT2D eigenvalue weighted by molar-refractivity contribution is -0.137. The van der Waals surface area contributed by atoms with Crippen molar-refractivity contribution in [3.8, 4) is 0 Å². The molecular formula is C26H32ClF3N2O. The van der Waals surface area contributed by atoms with E-state index in [1.807, 2.05) is 43.3 Å². The quantitative estimate of drug-likeness (QED) is 0.346. The number of hydrogen-bond acceptors (Lipinski definition) is 2. The second-order valence-corrected chi connectivity index (χ2v) is 8.57. The molecule has 0 heterocycles. The van der Waals surface area contributed by atoms with Gasteiger partial charge in [0.25, 0.3) is 5.91 Å².